The number of nitrogens with zero attached hydrogens (tertiary/aromatic N) is 6. The summed E-state index contributed by atoms with van der Waals surface area (Å²) in [5.74, 6) is 0.653. The molecule has 0 aliphatic carbocycles. The summed E-state index contributed by atoms with van der Waals surface area (Å²) < 4.78 is 3.92. The molecule has 2 aromatic rings. The second-order valence-corrected chi connectivity index (χ2v) is 6.81. The molecule has 6 heteroatoms. The summed E-state index contributed by atoms with van der Waals surface area (Å²) in [6.45, 7) is 4.27. The average molecular weight is 316 g/mol. The zero-order chi connectivity index (χ0) is 16.2. The Morgan fingerprint density at radius 2 is 2.17 bits per heavy atom. The first kappa shape index (κ1) is 16.2. The Kier molecular flexibility index (Phi) is 5.13. The van der Waals surface area contributed by atoms with Gasteiger partial charge in [0.25, 0.3) is 0 Å². The van der Waals surface area contributed by atoms with Crippen LogP contribution in [0, 0.1) is 5.92 Å². The Morgan fingerprint density at radius 3 is 2.87 bits per heavy atom. The van der Waals surface area contributed by atoms with Crippen molar-refractivity contribution in [2.45, 2.75) is 25.4 Å². The molecule has 3 heterocycles. The van der Waals surface area contributed by atoms with Gasteiger partial charge in [-0.1, -0.05) is 0 Å². The number of rotatable bonds is 6. The van der Waals surface area contributed by atoms with E-state index in [0.29, 0.717) is 12.0 Å². The van der Waals surface area contributed by atoms with E-state index in [1.165, 1.54) is 24.9 Å². The van der Waals surface area contributed by atoms with Crippen LogP contribution in [0.25, 0.3) is 0 Å². The first-order valence-corrected chi connectivity index (χ1v) is 8.48. The van der Waals surface area contributed by atoms with Gasteiger partial charge in [0.1, 0.15) is 0 Å². The summed E-state index contributed by atoms with van der Waals surface area (Å²) in [5.41, 5.74) is 1.35. The molecule has 0 amide bonds. The number of hydrogen-bond donors (Lipinski definition) is 0. The van der Waals surface area contributed by atoms with Gasteiger partial charge in [-0.05, 0) is 45.5 Å². The molecule has 0 bridgehead atoms. The van der Waals surface area contributed by atoms with E-state index in [9.17, 15) is 0 Å². The highest BCUT2D eigenvalue weighted by Gasteiger charge is 2.31. The topological polar surface area (TPSA) is 42.1 Å². The average Bonchev–Trinajstić information content (AvgIpc) is 3.17. The highest BCUT2D eigenvalue weighted by molar-refractivity contribution is 5.13. The molecule has 0 N–H and O–H groups in total. The Balaban J connectivity index is 1.61. The maximum absolute atomic E-state index is 4.37. The first-order chi connectivity index (χ1) is 11.1. The van der Waals surface area contributed by atoms with Crippen molar-refractivity contribution in [2.24, 2.45) is 13.0 Å². The molecule has 0 spiro atoms. The largest absolute Gasteiger partial charge is 0.304 e. The van der Waals surface area contributed by atoms with E-state index < -0.39 is 0 Å². The molecule has 6 nitrogen and oxygen atoms in total. The van der Waals surface area contributed by atoms with Crippen molar-refractivity contribution in [1.29, 1.82) is 0 Å². The maximum atomic E-state index is 4.37. The van der Waals surface area contributed by atoms with Crippen molar-refractivity contribution in [3.63, 3.8) is 0 Å². The highest BCUT2D eigenvalue weighted by atomic mass is 15.3. The van der Waals surface area contributed by atoms with Crippen molar-refractivity contribution in [2.75, 3.05) is 33.7 Å². The lowest BCUT2D eigenvalue weighted by Gasteiger charge is -2.40. The lowest BCUT2D eigenvalue weighted by atomic mass is 9.86. The summed E-state index contributed by atoms with van der Waals surface area (Å²) in [4.78, 5) is 4.93. The minimum absolute atomic E-state index is 0.476. The third-order valence-electron chi connectivity index (χ3n) is 4.89. The van der Waals surface area contributed by atoms with E-state index in [0.717, 1.165) is 19.6 Å². The lowest BCUT2D eigenvalue weighted by Crippen LogP contribution is -2.41. The Labute approximate surface area is 138 Å². The zero-order valence-corrected chi connectivity index (χ0v) is 14.5. The molecule has 2 aromatic heterocycles. The minimum atomic E-state index is 0.476. The molecular formula is C17H28N6. The lowest BCUT2D eigenvalue weighted by molar-refractivity contribution is 0.0931. The summed E-state index contributed by atoms with van der Waals surface area (Å²) in [7, 11) is 6.46. The summed E-state index contributed by atoms with van der Waals surface area (Å²) in [5, 5.41) is 8.66. The number of piperidine rings is 1. The third-order valence-corrected chi connectivity index (χ3v) is 4.89. The van der Waals surface area contributed by atoms with Gasteiger partial charge >= 0.3 is 0 Å². The van der Waals surface area contributed by atoms with Gasteiger partial charge in [-0.25, -0.2) is 0 Å². The van der Waals surface area contributed by atoms with Gasteiger partial charge < -0.3 is 4.90 Å². The van der Waals surface area contributed by atoms with Crippen molar-refractivity contribution in [1.82, 2.24) is 29.4 Å². The molecule has 0 radical (unpaired) electrons. The predicted octanol–water partition coefficient (Wildman–Crippen LogP) is 1.63. The predicted molar refractivity (Wildman–Crippen MR) is 91.0 cm³/mol. The fourth-order valence-electron chi connectivity index (χ4n) is 3.77. The van der Waals surface area contributed by atoms with Gasteiger partial charge in [-0.2, -0.15) is 10.2 Å². The van der Waals surface area contributed by atoms with Crippen LogP contribution in [-0.2, 0) is 13.6 Å². The molecule has 1 aliphatic rings. The van der Waals surface area contributed by atoms with E-state index in [1.807, 2.05) is 41.1 Å². The molecule has 126 valence electrons. The van der Waals surface area contributed by atoms with Crippen LogP contribution < -0.4 is 0 Å². The van der Waals surface area contributed by atoms with Crippen LogP contribution in [0.1, 0.15) is 24.4 Å². The molecule has 3 rings (SSSR count). The zero-order valence-electron chi connectivity index (χ0n) is 14.5. The molecule has 2 atom stereocenters. The van der Waals surface area contributed by atoms with Crippen LogP contribution in [0.15, 0.2) is 30.9 Å². The van der Waals surface area contributed by atoms with E-state index in [2.05, 4.69) is 40.3 Å². The second kappa shape index (κ2) is 7.27. The number of likely N-dealkylation sites (N-methyl/N-ethyl adjacent to an activating group) is 1. The third kappa shape index (κ3) is 4.00. The fourth-order valence-corrected chi connectivity index (χ4v) is 3.77. The van der Waals surface area contributed by atoms with Gasteiger partial charge in [0.2, 0.25) is 0 Å². The number of hydrogen-bond acceptors (Lipinski definition) is 4. The van der Waals surface area contributed by atoms with Gasteiger partial charge in [0.05, 0.1) is 12.7 Å². The summed E-state index contributed by atoms with van der Waals surface area (Å²) >= 11 is 0. The van der Waals surface area contributed by atoms with Crippen molar-refractivity contribution in [3.05, 3.63) is 36.4 Å². The van der Waals surface area contributed by atoms with Gasteiger partial charge in [-0.3, -0.25) is 14.3 Å². The fraction of sp³-hybridized carbons (Fsp3) is 0.647. The highest BCUT2D eigenvalue weighted by Crippen LogP contribution is 2.35. The molecule has 0 aromatic carbocycles. The van der Waals surface area contributed by atoms with E-state index in [4.69, 9.17) is 0 Å². The normalized spacial score (nSPS) is 22.8. The van der Waals surface area contributed by atoms with E-state index in [-0.39, 0.29) is 0 Å². The van der Waals surface area contributed by atoms with Crippen molar-refractivity contribution < 1.29 is 0 Å². The van der Waals surface area contributed by atoms with Crippen LogP contribution in [-0.4, -0.2) is 63.1 Å². The van der Waals surface area contributed by atoms with Crippen LogP contribution in [0.2, 0.25) is 0 Å². The Bertz CT molecular complexity index is 590. The molecule has 23 heavy (non-hydrogen) atoms. The maximum Gasteiger partial charge on any atom is 0.0537 e. The van der Waals surface area contributed by atoms with Crippen molar-refractivity contribution >= 4 is 0 Å². The Hall–Kier alpha value is -1.66. The van der Waals surface area contributed by atoms with E-state index >= 15 is 0 Å². The summed E-state index contributed by atoms with van der Waals surface area (Å²) in [6, 6.07) is 2.46. The monoisotopic (exact) mass is 316 g/mol. The van der Waals surface area contributed by atoms with Gasteiger partial charge in [0.15, 0.2) is 0 Å². The standard InChI is InChI=1S/C17H28N6/c1-20(10-11-23-9-5-7-18-23)13-15-6-4-8-21(2)17(15)16-12-19-22(3)14-16/h5,7,9,12,14-15,17H,4,6,8,10-11,13H2,1-3H3/t15-,17+/m0/s1. The van der Waals surface area contributed by atoms with E-state index in [1.54, 1.807) is 0 Å². The molecule has 1 fully saturated rings. The molecular weight excluding hydrogens is 288 g/mol. The molecule has 1 aliphatic heterocycles. The second-order valence-electron chi connectivity index (χ2n) is 6.81. The molecule has 0 saturated carbocycles. The van der Waals surface area contributed by atoms with Crippen LogP contribution >= 0.6 is 0 Å². The Morgan fingerprint density at radius 1 is 1.30 bits per heavy atom. The minimum Gasteiger partial charge on any atom is -0.304 e. The van der Waals surface area contributed by atoms with Crippen LogP contribution in [0.5, 0.6) is 0 Å². The van der Waals surface area contributed by atoms with Crippen molar-refractivity contribution in [3.8, 4) is 0 Å². The molecule has 0 unspecified atom stereocenters. The quantitative estimate of drug-likeness (QED) is 0.812. The van der Waals surface area contributed by atoms with Gasteiger partial charge in [-0.15, -0.1) is 0 Å². The SMILES string of the molecule is CN(CCn1cccn1)C[C@@H]1CCCN(C)[C@H]1c1cnn(C)c1. The van der Waals surface area contributed by atoms with Crippen LogP contribution in [0.4, 0.5) is 0 Å². The van der Waals surface area contributed by atoms with Gasteiger partial charge in [0, 0.05) is 50.3 Å². The summed E-state index contributed by atoms with van der Waals surface area (Å²) in [6.07, 6.45) is 10.6. The van der Waals surface area contributed by atoms with Crippen LogP contribution in [0.3, 0.4) is 0 Å². The number of aromatic nitrogens is 4. The first-order valence-electron chi connectivity index (χ1n) is 8.48. The number of aryl methyl sites for hydroxylation is 1. The molecule has 1 saturated heterocycles. The smallest absolute Gasteiger partial charge is 0.0537 e. The number of likely N-dealkylation sites (tertiary alicyclic amines) is 1.